The quantitative estimate of drug-likeness (QED) is 0.0194. The number of anilines is 2. The fourth-order valence-corrected chi connectivity index (χ4v) is 12.9. The van der Waals surface area contributed by atoms with Gasteiger partial charge in [0.15, 0.2) is 6.17 Å². The lowest BCUT2D eigenvalue weighted by Crippen LogP contribution is -2.64. The molecule has 1 aliphatic heterocycles. The average Bonchev–Trinajstić information content (AvgIpc) is 1.75. The molecule has 1 aliphatic rings. The van der Waals surface area contributed by atoms with Gasteiger partial charge in [0.1, 0.15) is 54.4 Å². The van der Waals surface area contributed by atoms with Crippen LogP contribution >= 0.6 is 11.6 Å². The molecular weight excluding hydrogens is 1470 g/mol. The number of primary amides is 1. The van der Waals surface area contributed by atoms with Crippen LogP contribution in [0.3, 0.4) is 0 Å². The number of nitrogens with zero attached hydrogens (tertiary/aromatic N) is 3. The third kappa shape index (κ3) is 27.9. The highest BCUT2D eigenvalue weighted by Crippen LogP contribution is 2.23. The Bertz CT molecular complexity index is 4340. The zero-order chi connectivity index (χ0) is 82.6. The Hall–Kier alpha value is -11.7. The summed E-state index contributed by atoms with van der Waals surface area (Å²) in [6.07, 6.45) is 1.72. The molecule has 604 valence electrons. The van der Waals surface area contributed by atoms with E-state index in [2.05, 4.69) is 68.8 Å². The second-order valence-corrected chi connectivity index (χ2v) is 29.2. The first-order chi connectivity index (χ1) is 53.7. The molecule has 0 aliphatic carbocycles. The molecule has 0 bridgehead atoms. The normalized spacial score (nSPS) is 14.9. The fraction of sp³-hybridized carbons (Fsp3) is 0.420. The predicted molar refractivity (Wildman–Crippen MR) is 424 cm³/mol. The van der Waals surface area contributed by atoms with Crippen LogP contribution in [0.5, 0.6) is 0 Å². The number of likely N-dealkylation sites (tertiary alicyclic amines) is 1. The molecule has 0 radical (unpaired) electrons. The van der Waals surface area contributed by atoms with Crippen molar-refractivity contribution < 1.29 is 72.2 Å². The van der Waals surface area contributed by atoms with Crippen molar-refractivity contribution in [2.24, 2.45) is 11.7 Å². The molecule has 2 heterocycles. The van der Waals surface area contributed by atoms with Gasteiger partial charge in [0, 0.05) is 100 Å². The summed E-state index contributed by atoms with van der Waals surface area (Å²) in [5.74, 6) is -11.4. The lowest BCUT2D eigenvalue weighted by molar-refractivity contribution is -0.142. The SMILES string of the molecule is CC(=O)Nc1ccc(C[C@H](NC(=O)[C@H](CO)NC(=O)[C@@H](Cc2cccnc2)NC(=O)[C@H](NC(=O)[C@@H](Cc2ccc3ccccc3c2)NC(C)=O)N(C)C(=O)c2ccc(Cl)cc2)C(=O)N[C@H](Cc2ccc(NC(C)=O)cc2)C(=O)N[C@@H](CC(C)C)C(=O)N[C@@H](CCCCNC(C)C)C(=O)N2CCC[C@@H]2C(=O)N[C@H](C)C(N)=O)cc1. The van der Waals surface area contributed by atoms with Crippen LogP contribution in [0.1, 0.15) is 127 Å². The number of rotatable bonds is 40. The maximum Gasteiger partial charge on any atom is 0.264 e. The van der Waals surface area contributed by atoms with Crippen molar-refractivity contribution in [1.82, 2.24) is 68.0 Å². The number of halogens is 1. The molecule has 0 unspecified atom stereocenters. The van der Waals surface area contributed by atoms with E-state index in [9.17, 15) is 57.8 Å². The van der Waals surface area contributed by atoms with Crippen LogP contribution < -0.4 is 69.5 Å². The fourth-order valence-electron chi connectivity index (χ4n) is 12.8. The van der Waals surface area contributed by atoms with E-state index < -0.39 is 138 Å². The van der Waals surface area contributed by atoms with Crippen molar-refractivity contribution in [3.05, 3.63) is 173 Å². The number of nitrogens with one attached hydrogen (secondary N) is 12. The Balaban J connectivity index is 1.20. The zero-order valence-corrected chi connectivity index (χ0v) is 65.6. The molecule has 1 aromatic heterocycles. The number of unbranched alkanes of at least 4 members (excludes halogenated alkanes) is 1. The number of aliphatic hydroxyl groups excluding tert-OH is 1. The largest absolute Gasteiger partial charge is 0.394 e. The number of carbonyl (C=O) groups excluding carboxylic acids is 14. The average molecular weight is 1580 g/mol. The molecule has 31 nitrogen and oxygen atoms in total. The van der Waals surface area contributed by atoms with Crippen molar-refractivity contribution in [3.8, 4) is 0 Å². The number of amides is 14. The van der Waals surface area contributed by atoms with E-state index in [0.717, 1.165) is 15.7 Å². The van der Waals surface area contributed by atoms with Gasteiger partial charge in [-0.25, -0.2) is 0 Å². The maximum absolute atomic E-state index is 15.3. The van der Waals surface area contributed by atoms with Crippen LogP contribution in [0.15, 0.2) is 140 Å². The molecule has 113 heavy (non-hydrogen) atoms. The van der Waals surface area contributed by atoms with Crippen LogP contribution in [0.4, 0.5) is 11.4 Å². The highest BCUT2D eigenvalue weighted by molar-refractivity contribution is 6.30. The minimum absolute atomic E-state index is 0.00268. The number of fused-ring (bicyclic) bond motifs is 1. The summed E-state index contributed by atoms with van der Waals surface area (Å²) < 4.78 is 0. The van der Waals surface area contributed by atoms with Gasteiger partial charge in [-0.1, -0.05) is 112 Å². The van der Waals surface area contributed by atoms with Gasteiger partial charge in [0.25, 0.3) is 11.8 Å². The molecule has 0 spiro atoms. The van der Waals surface area contributed by atoms with Crippen molar-refractivity contribution in [3.63, 3.8) is 0 Å². The van der Waals surface area contributed by atoms with Gasteiger partial charge in [0.05, 0.1) is 6.61 Å². The number of likely N-dealkylation sites (N-methyl/N-ethyl adjacent to an activating group) is 1. The smallest absolute Gasteiger partial charge is 0.264 e. The number of benzene rings is 5. The number of nitrogens with two attached hydrogens (primary N) is 1. The molecule has 1 fully saturated rings. The number of carbonyl (C=O) groups is 14. The molecule has 6 aromatic rings. The Morgan fingerprint density at radius 2 is 1.03 bits per heavy atom. The zero-order valence-electron chi connectivity index (χ0n) is 64.9. The minimum atomic E-state index is -1.93. The standard InChI is InChI=1S/C81H103ClN16O15/c1-46(2)38-63(72(104)90-62(19-12-13-36-85-47(3)4)81(113)98-37-15-20-69(98)78(110)86-48(5)70(83)103)91-73(105)65(40-52-22-31-60(32-23-52)87-49(6)100)92-74(106)66(41-53-24-33-61(34-25-53)88-50(7)101)93-77(109)68(45-99)95-75(107)67(43-55-16-14-35-84-44-55)94-79(111)71(97(9)80(112)57-27-29-59(82)30-28-57)96-76(108)64(89-51(8)102)42-54-21-26-56-17-10-11-18-58(56)39-54/h10-11,14,16-18,21-35,39,44,46-48,62-69,71,85,99H,12-13,15,19-20,36-38,40-43,45H2,1-9H3,(H2,83,103)(H,86,110)(H,87,100)(H,88,101)(H,89,102)(H,90,104)(H,91,105)(H,92,106)(H,93,109)(H,94,111)(H,95,107)(H,96,108)/t48-,62+,63+,64-,65-,66+,67-,68+,69-,71-/m1/s1. The van der Waals surface area contributed by atoms with Crippen molar-refractivity contribution in [2.75, 3.05) is 37.4 Å². The molecule has 5 aromatic carbocycles. The Kier molecular flexibility index (Phi) is 33.8. The third-order valence-corrected chi connectivity index (χ3v) is 18.9. The van der Waals surface area contributed by atoms with Gasteiger partial charge < -0.3 is 84.4 Å². The number of hydrogen-bond donors (Lipinski definition) is 14. The second kappa shape index (κ2) is 43.2. The molecular formula is C81H103ClN16O15. The molecule has 14 amide bonds. The molecule has 0 saturated carbocycles. The predicted octanol–water partition coefficient (Wildman–Crippen LogP) is 2.89. The van der Waals surface area contributed by atoms with E-state index in [1.165, 1.54) is 88.4 Å². The summed E-state index contributed by atoms with van der Waals surface area (Å²) in [7, 11) is 1.22. The van der Waals surface area contributed by atoms with Crippen LogP contribution in [0, 0.1) is 5.92 Å². The Labute approximate surface area is 661 Å². The number of pyridine rings is 1. The Morgan fingerprint density at radius 3 is 1.56 bits per heavy atom. The maximum atomic E-state index is 15.3. The highest BCUT2D eigenvalue weighted by Gasteiger charge is 2.41. The van der Waals surface area contributed by atoms with Gasteiger partial charge >= 0.3 is 0 Å². The van der Waals surface area contributed by atoms with Crippen LogP contribution in [0.25, 0.3) is 10.8 Å². The van der Waals surface area contributed by atoms with Gasteiger partial charge in [-0.3, -0.25) is 72.1 Å². The van der Waals surface area contributed by atoms with Crippen molar-refractivity contribution in [1.29, 1.82) is 0 Å². The molecule has 1 saturated heterocycles. The lowest BCUT2D eigenvalue weighted by atomic mass is 9.99. The van der Waals surface area contributed by atoms with Gasteiger partial charge in [-0.2, -0.15) is 0 Å². The summed E-state index contributed by atoms with van der Waals surface area (Å²) in [4.78, 5) is 203. The molecule has 32 heteroatoms. The summed E-state index contributed by atoms with van der Waals surface area (Å²) in [6.45, 7) is 12.4. The van der Waals surface area contributed by atoms with E-state index in [1.54, 1.807) is 68.4 Å². The van der Waals surface area contributed by atoms with E-state index in [-0.39, 0.29) is 85.9 Å². The topological polar surface area (TPSA) is 449 Å². The first kappa shape index (κ1) is 88.5. The number of hydrogen-bond acceptors (Lipinski definition) is 17. The lowest BCUT2D eigenvalue weighted by Gasteiger charge is -2.31. The molecule has 7 rings (SSSR count). The summed E-state index contributed by atoms with van der Waals surface area (Å²) in [5.41, 5.74) is 8.06. The summed E-state index contributed by atoms with van der Waals surface area (Å²) in [6, 6.07) is 21.5. The van der Waals surface area contributed by atoms with E-state index in [1.807, 2.05) is 50.2 Å². The van der Waals surface area contributed by atoms with Crippen LogP contribution in [0.2, 0.25) is 5.02 Å². The Morgan fingerprint density at radius 1 is 0.531 bits per heavy atom. The minimum Gasteiger partial charge on any atom is -0.394 e. The van der Waals surface area contributed by atoms with Gasteiger partial charge in [-0.15, -0.1) is 0 Å². The van der Waals surface area contributed by atoms with Crippen molar-refractivity contribution in [2.45, 2.75) is 186 Å². The molecule has 10 atom stereocenters. The van der Waals surface area contributed by atoms with Crippen molar-refractivity contribution >= 4 is 116 Å². The molecule has 15 N–H and O–H groups in total. The number of aromatic nitrogens is 1. The second-order valence-electron chi connectivity index (χ2n) is 28.8. The van der Waals surface area contributed by atoms with Gasteiger partial charge in [-0.05, 0) is 146 Å². The number of aliphatic hydroxyl groups is 1. The van der Waals surface area contributed by atoms with E-state index in [4.69, 9.17) is 17.3 Å². The van der Waals surface area contributed by atoms with Crippen LogP contribution in [-0.4, -0.2) is 196 Å². The van der Waals surface area contributed by atoms with Crippen LogP contribution in [-0.2, 0) is 88.0 Å². The highest BCUT2D eigenvalue weighted by atomic mass is 35.5. The monoisotopic (exact) mass is 1570 g/mol. The first-order valence-corrected chi connectivity index (χ1v) is 37.9. The first-order valence-electron chi connectivity index (χ1n) is 37.5. The van der Waals surface area contributed by atoms with E-state index >= 15 is 14.4 Å². The van der Waals surface area contributed by atoms with E-state index in [0.29, 0.717) is 59.4 Å². The summed E-state index contributed by atoms with van der Waals surface area (Å²) >= 11 is 6.18. The summed E-state index contributed by atoms with van der Waals surface area (Å²) in [5, 5.41) is 45.8. The third-order valence-electron chi connectivity index (χ3n) is 18.6. The van der Waals surface area contributed by atoms with Gasteiger partial charge in [0.2, 0.25) is 70.9 Å².